The maximum atomic E-state index is 9.30. The van der Waals surface area contributed by atoms with Crippen LogP contribution in [0.15, 0.2) is 23.5 Å². The second-order valence-electron chi connectivity index (χ2n) is 11.2. The number of nitrogens with two attached hydrogens (primary N) is 1. The van der Waals surface area contributed by atoms with E-state index >= 15 is 0 Å². The van der Waals surface area contributed by atoms with Crippen LogP contribution < -0.4 is 10.6 Å². The van der Waals surface area contributed by atoms with Gasteiger partial charge in [0.05, 0.1) is 5.69 Å². The number of nitrogens with zero attached hydrogens (tertiary/aromatic N) is 4. The maximum Gasteiger partial charge on any atom is 0.123 e. The molecule has 2 saturated carbocycles. The summed E-state index contributed by atoms with van der Waals surface area (Å²) in [5.41, 5.74) is 8.72. The number of hydrogen-bond donors (Lipinski definition) is 2. The third kappa shape index (κ3) is 6.54. The molecule has 3 heterocycles. The summed E-state index contributed by atoms with van der Waals surface area (Å²) in [5.74, 6) is 3.42. The van der Waals surface area contributed by atoms with Crippen molar-refractivity contribution in [2.75, 3.05) is 31.1 Å². The van der Waals surface area contributed by atoms with Gasteiger partial charge in [0.25, 0.3) is 0 Å². The highest BCUT2D eigenvalue weighted by Gasteiger charge is 2.33. The third-order valence-electron chi connectivity index (χ3n) is 9.17. The summed E-state index contributed by atoms with van der Waals surface area (Å²) in [5, 5.41) is 18.4. The van der Waals surface area contributed by atoms with Crippen molar-refractivity contribution in [3.63, 3.8) is 0 Å². The van der Waals surface area contributed by atoms with E-state index in [4.69, 9.17) is 35.4 Å². The number of allylic oxidation sites excluding steroid dienone is 1. The molecular formula is C29H40N6S2. The number of rotatable bonds is 3. The maximum absolute atomic E-state index is 9.30. The average Bonchev–Trinajstić information content (AvgIpc) is 2.93. The van der Waals surface area contributed by atoms with E-state index in [0.29, 0.717) is 15.8 Å². The van der Waals surface area contributed by atoms with Gasteiger partial charge in [0.15, 0.2) is 0 Å². The van der Waals surface area contributed by atoms with E-state index < -0.39 is 0 Å². The number of aromatic nitrogens is 1. The highest BCUT2D eigenvalue weighted by molar-refractivity contribution is 7.80. The first kappa shape index (κ1) is 27.6. The standard InChI is InChI=1S/C15H19N3S.C14H21N3S/c16-9-13-14(5-7-17-15(13)19)18-8-6-11-3-1-2-4-12(11)10-18;1-10(13(8-15)14(16)18)17-7-6-11-4-2-3-5-12(11)9-17/h5,7,11-12H,1-4,6,8,10H2,(H,17,19);11-12H,2-7,9H2,1H3,(H2,16,18)/b;13-10-/t2*11-,12+/m00/s1. The van der Waals surface area contributed by atoms with Crippen LogP contribution in [0.5, 0.6) is 0 Å². The fraction of sp³-hybridized carbons (Fsp3) is 0.655. The summed E-state index contributed by atoms with van der Waals surface area (Å²) < 4.78 is 0.561. The second kappa shape index (κ2) is 12.9. The van der Waals surface area contributed by atoms with Gasteiger partial charge in [0, 0.05) is 38.1 Å². The number of thiocarbonyl (C=S) groups is 1. The summed E-state index contributed by atoms with van der Waals surface area (Å²) >= 11 is 10.2. The number of hydrogen-bond acceptors (Lipinski definition) is 6. The first-order valence-electron chi connectivity index (χ1n) is 13.9. The van der Waals surface area contributed by atoms with E-state index in [0.717, 1.165) is 61.2 Å². The van der Waals surface area contributed by atoms with E-state index in [1.54, 1.807) is 0 Å². The number of piperidine rings is 2. The van der Waals surface area contributed by atoms with Gasteiger partial charge < -0.3 is 20.5 Å². The number of anilines is 1. The lowest BCUT2D eigenvalue weighted by Crippen LogP contribution is -2.42. The molecule has 37 heavy (non-hydrogen) atoms. The Morgan fingerprint density at radius 3 is 2.14 bits per heavy atom. The molecule has 0 radical (unpaired) electrons. The summed E-state index contributed by atoms with van der Waals surface area (Å²) in [6.07, 6.45) is 15.4. The van der Waals surface area contributed by atoms with Crippen LogP contribution >= 0.6 is 24.4 Å². The Kier molecular flexibility index (Phi) is 9.62. The van der Waals surface area contributed by atoms with Gasteiger partial charge in [-0.25, -0.2) is 0 Å². The number of nitrogens with one attached hydrogen (secondary N) is 1. The molecule has 0 bridgehead atoms. The molecule has 2 aliphatic carbocycles. The summed E-state index contributed by atoms with van der Waals surface area (Å²) in [6, 6.07) is 6.40. The Bertz CT molecular complexity index is 1140. The Morgan fingerprint density at radius 2 is 1.54 bits per heavy atom. The summed E-state index contributed by atoms with van der Waals surface area (Å²) in [4.78, 5) is 7.85. The first-order valence-corrected chi connectivity index (χ1v) is 14.8. The molecule has 3 N–H and O–H groups in total. The molecule has 4 fully saturated rings. The molecule has 4 atom stereocenters. The molecule has 4 aliphatic rings. The minimum Gasteiger partial charge on any atom is -0.389 e. The van der Waals surface area contributed by atoms with Crippen LogP contribution in [0.25, 0.3) is 0 Å². The Morgan fingerprint density at radius 1 is 0.946 bits per heavy atom. The van der Waals surface area contributed by atoms with Crippen molar-refractivity contribution in [3.8, 4) is 12.1 Å². The van der Waals surface area contributed by atoms with Gasteiger partial charge in [-0.2, -0.15) is 10.5 Å². The van der Waals surface area contributed by atoms with Gasteiger partial charge in [-0.05, 0) is 62.3 Å². The van der Waals surface area contributed by atoms with Crippen molar-refractivity contribution in [2.45, 2.75) is 71.1 Å². The van der Waals surface area contributed by atoms with Crippen LogP contribution in [0.4, 0.5) is 5.69 Å². The lowest BCUT2D eigenvalue weighted by Gasteiger charge is -2.42. The zero-order valence-corrected chi connectivity index (χ0v) is 23.7. The van der Waals surface area contributed by atoms with Crippen molar-refractivity contribution in [1.29, 1.82) is 10.5 Å². The van der Waals surface area contributed by atoms with Gasteiger partial charge in [0.2, 0.25) is 0 Å². The van der Waals surface area contributed by atoms with Gasteiger partial charge in [0.1, 0.15) is 32.9 Å². The molecular weight excluding hydrogens is 496 g/mol. The third-order valence-corrected chi connectivity index (χ3v) is 9.69. The van der Waals surface area contributed by atoms with E-state index in [9.17, 15) is 5.26 Å². The van der Waals surface area contributed by atoms with E-state index in [2.05, 4.69) is 26.9 Å². The zero-order valence-electron chi connectivity index (χ0n) is 22.0. The van der Waals surface area contributed by atoms with Crippen LogP contribution in [-0.2, 0) is 0 Å². The van der Waals surface area contributed by atoms with Crippen LogP contribution in [0.2, 0.25) is 0 Å². The van der Waals surface area contributed by atoms with E-state index in [1.807, 2.05) is 19.2 Å². The highest BCUT2D eigenvalue weighted by Crippen LogP contribution is 2.39. The molecule has 6 nitrogen and oxygen atoms in total. The van der Waals surface area contributed by atoms with Crippen LogP contribution in [-0.4, -0.2) is 41.1 Å². The SMILES string of the molecule is C/C(=C(\C#N)C(N)=S)N1CC[C@@H]2CCCC[C@@H]2C1.N#Cc1c(N2CC[C@@H]3CCCC[C@@H]3C2)cc[nH]c1=S. The minimum atomic E-state index is 0.223. The number of nitriles is 2. The largest absolute Gasteiger partial charge is 0.389 e. The predicted molar refractivity (Wildman–Crippen MR) is 155 cm³/mol. The van der Waals surface area contributed by atoms with Crippen molar-refractivity contribution in [1.82, 2.24) is 9.88 Å². The van der Waals surface area contributed by atoms with Crippen molar-refractivity contribution in [3.05, 3.63) is 33.7 Å². The molecule has 0 unspecified atom stereocenters. The number of fused-ring (bicyclic) bond motifs is 2. The number of likely N-dealkylation sites (tertiary alicyclic amines) is 1. The molecule has 5 rings (SSSR count). The van der Waals surface area contributed by atoms with Gasteiger partial charge in [-0.3, -0.25) is 0 Å². The number of H-pyrrole nitrogens is 1. The predicted octanol–water partition coefficient (Wildman–Crippen LogP) is 6.21. The second-order valence-corrected chi connectivity index (χ2v) is 12.0. The molecule has 0 spiro atoms. The molecule has 2 saturated heterocycles. The lowest BCUT2D eigenvalue weighted by atomic mass is 9.75. The fourth-order valence-electron chi connectivity index (χ4n) is 7.04. The number of pyridine rings is 1. The normalized spacial score (nSPS) is 27.8. The van der Waals surface area contributed by atoms with Crippen molar-refractivity contribution in [2.24, 2.45) is 29.4 Å². The first-order chi connectivity index (χ1) is 17.9. The molecule has 8 heteroatoms. The lowest BCUT2D eigenvalue weighted by molar-refractivity contribution is 0.109. The number of aromatic amines is 1. The van der Waals surface area contributed by atoms with E-state index in [-0.39, 0.29) is 4.99 Å². The smallest absolute Gasteiger partial charge is 0.123 e. The Balaban J connectivity index is 0.000000173. The van der Waals surface area contributed by atoms with Crippen LogP contribution in [0, 0.1) is 51.0 Å². The zero-order chi connectivity index (χ0) is 26.4. The molecule has 0 aromatic carbocycles. The average molecular weight is 537 g/mol. The van der Waals surface area contributed by atoms with Crippen molar-refractivity contribution >= 4 is 35.1 Å². The van der Waals surface area contributed by atoms with Gasteiger partial charge >= 0.3 is 0 Å². The molecule has 198 valence electrons. The molecule has 1 aromatic rings. The molecule has 0 amide bonds. The monoisotopic (exact) mass is 536 g/mol. The Hall–Kier alpha value is -2.42. The minimum absolute atomic E-state index is 0.223. The molecule has 1 aromatic heterocycles. The Labute approximate surface area is 232 Å². The fourth-order valence-corrected chi connectivity index (χ4v) is 7.45. The quantitative estimate of drug-likeness (QED) is 0.269. The van der Waals surface area contributed by atoms with Crippen LogP contribution in [0.3, 0.4) is 0 Å². The highest BCUT2D eigenvalue weighted by atomic mass is 32.1. The van der Waals surface area contributed by atoms with Crippen molar-refractivity contribution < 1.29 is 0 Å². The summed E-state index contributed by atoms with van der Waals surface area (Å²) in [6.45, 7) is 6.25. The van der Waals surface area contributed by atoms with Gasteiger partial charge in [-0.15, -0.1) is 0 Å². The molecule has 2 aliphatic heterocycles. The summed E-state index contributed by atoms with van der Waals surface area (Å²) in [7, 11) is 0. The van der Waals surface area contributed by atoms with Gasteiger partial charge in [-0.1, -0.05) is 63.0 Å². The van der Waals surface area contributed by atoms with E-state index in [1.165, 1.54) is 64.2 Å². The topological polar surface area (TPSA) is 95.9 Å². The van der Waals surface area contributed by atoms with Crippen LogP contribution in [0.1, 0.15) is 76.7 Å².